The van der Waals surface area contributed by atoms with Crippen molar-refractivity contribution in [2.75, 3.05) is 13.7 Å². The monoisotopic (exact) mass is 303 g/mol. The van der Waals surface area contributed by atoms with Crippen molar-refractivity contribution in [2.45, 2.75) is 50.9 Å². The summed E-state index contributed by atoms with van der Waals surface area (Å²) in [6, 6.07) is 0. The van der Waals surface area contributed by atoms with Crippen LogP contribution in [0.4, 0.5) is 0 Å². The van der Waals surface area contributed by atoms with Crippen molar-refractivity contribution >= 4 is 15.9 Å². The maximum atomic E-state index is 5.12. The van der Waals surface area contributed by atoms with Gasteiger partial charge in [0, 0.05) is 20.1 Å². The number of hydrogen-bond donors (Lipinski definition) is 0. The highest BCUT2D eigenvalue weighted by Gasteiger charge is 2.10. The molecule has 0 aliphatic heterocycles. The Balaban J connectivity index is 2.53. The minimum Gasteiger partial charge on any atom is -0.383 e. The van der Waals surface area contributed by atoms with Crippen molar-refractivity contribution < 1.29 is 4.74 Å². The summed E-state index contributed by atoms with van der Waals surface area (Å²) in [5.74, 6) is 2.08. The molecule has 0 bridgehead atoms. The first-order valence-corrected chi connectivity index (χ1v) is 7.41. The van der Waals surface area contributed by atoms with E-state index < -0.39 is 0 Å². The third-order valence-corrected chi connectivity index (χ3v) is 3.30. The third-order valence-electron chi connectivity index (χ3n) is 2.80. The maximum absolute atomic E-state index is 5.12. The topological polar surface area (TPSA) is 39.9 Å². The van der Waals surface area contributed by atoms with Crippen LogP contribution in [-0.4, -0.2) is 28.5 Å². The molecule has 0 aliphatic rings. The first-order valence-electron chi connectivity index (χ1n) is 6.29. The molecule has 17 heavy (non-hydrogen) atoms. The first-order chi connectivity index (χ1) is 8.33. The Bertz CT molecular complexity index is 315. The highest BCUT2D eigenvalue weighted by atomic mass is 79.9. The van der Waals surface area contributed by atoms with E-state index >= 15 is 0 Å². The van der Waals surface area contributed by atoms with Gasteiger partial charge in [0.15, 0.2) is 0 Å². The fraction of sp³-hybridized carbons (Fsp3) is 0.833. The van der Waals surface area contributed by atoms with Crippen LogP contribution < -0.4 is 0 Å². The van der Waals surface area contributed by atoms with E-state index in [-0.39, 0.29) is 0 Å². The summed E-state index contributed by atoms with van der Waals surface area (Å²) < 4.78 is 7.29. The minimum atomic E-state index is 0.708. The number of unbranched alkanes of at least 4 members (excludes halogenated alkanes) is 3. The molecule has 0 unspecified atom stereocenters. The average Bonchev–Trinajstić information content (AvgIpc) is 2.74. The van der Waals surface area contributed by atoms with Gasteiger partial charge in [-0.15, -0.1) is 10.2 Å². The molecular weight excluding hydrogens is 282 g/mol. The number of alkyl halides is 1. The van der Waals surface area contributed by atoms with Crippen LogP contribution in [0.5, 0.6) is 0 Å². The van der Waals surface area contributed by atoms with Crippen LogP contribution in [0, 0.1) is 0 Å². The third kappa shape index (κ3) is 4.76. The summed E-state index contributed by atoms with van der Waals surface area (Å²) >= 11 is 3.44. The van der Waals surface area contributed by atoms with Gasteiger partial charge in [-0.3, -0.25) is 0 Å². The molecule has 1 heterocycles. The van der Waals surface area contributed by atoms with Gasteiger partial charge in [0.05, 0.1) is 11.9 Å². The van der Waals surface area contributed by atoms with Gasteiger partial charge in [0.1, 0.15) is 11.6 Å². The lowest BCUT2D eigenvalue weighted by Crippen LogP contribution is -2.11. The lowest BCUT2D eigenvalue weighted by Gasteiger charge is -2.08. The van der Waals surface area contributed by atoms with Crippen molar-refractivity contribution in [1.29, 1.82) is 0 Å². The van der Waals surface area contributed by atoms with E-state index in [4.69, 9.17) is 4.74 Å². The number of aryl methyl sites for hydroxylation is 1. The lowest BCUT2D eigenvalue weighted by atomic mass is 10.1. The van der Waals surface area contributed by atoms with Crippen molar-refractivity contribution in [1.82, 2.24) is 14.8 Å². The van der Waals surface area contributed by atoms with Gasteiger partial charge in [0.2, 0.25) is 0 Å². The average molecular weight is 304 g/mol. The number of ether oxygens (including phenoxy) is 1. The molecule has 0 atom stereocenters. The Morgan fingerprint density at radius 1 is 1.18 bits per heavy atom. The Hall–Kier alpha value is -0.420. The van der Waals surface area contributed by atoms with Crippen LogP contribution in [-0.2, 0) is 23.0 Å². The van der Waals surface area contributed by atoms with E-state index in [0.29, 0.717) is 6.61 Å². The molecule has 98 valence electrons. The lowest BCUT2D eigenvalue weighted by molar-refractivity contribution is 0.185. The second-order valence-electron chi connectivity index (χ2n) is 4.12. The molecule has 0 saturated carbocycles. The molecule has 0 amide bonds. The molecule has 0 aromatic carbocycles. The quantitative estimate of drug-likeness (QED) is 0.520. The molecule has 1 aromatic rings. The summed E-state index contributed by atoms with van der Waals surface area (Å²) in [5.41, 5.74) is 0. The molecule has 4 nitrogen and oxygen atoms in total. The number of nitrogens with zero attached hydrogens (tertiary/aromatic N) is 3. The fourth-order valence-electron chi connectivity index (χ4n) is 1.81. The Morgan fingerprint density at radius 2 is 1.94 bits per heavy atom. The zero-order valence-electron chi connectivity index (χ0n) is 10.8. The van der Waals surface area contributed by atoms with E-state index in [1.807, 2.05) is 0 Å². The second kappa shape index (κ2) is 8.64. The number of rotatable bonds is 9. The minimum absolute atomic E-state index is 0.708. The summed E-state index contributed by atoms with van der Waals surface area (Å²) in [5, 5.41) is 9.21. The molecule has 0 N–H and O–H groups in total. The maximum Gasteiger partial charge on any atom is 0.143 e. The second-order valence-corrected chi connectivity index (χ2v) is 4.68. The van der Waals surface area contributed by atoms with Gasteiger partial charge in [-0.05, 0) is 6.42 Å². The van der Waals surface area contributed by atoms with Gasteiger partial charge in [0.25, 0.3) is 0 Å². The van der Waals surface area contributed by atoms with Crippen molar-refractivity contribution in [3.8, 4) is 0 Å². The van der Waals surface area contributed by atoms with Gasteiger partial charge < -0.3 is 9.30 Å². The number of aromatic nitrogens is 3. The Morgan fingerprint density at radius 3 is 2.59 bits per heavy atom. The van der Waals surface area contributed by atoms with Crippen molar-refractivity contribution in [3.05, 3.63) is 11.6 Å². The smallest absolute Gasteiger partial charge is 0.143 e. The predicted molar refractivity (Wildman–Crippen MR) is 72.4 cm³/mol. The zero-order chi connectivity index (χ0) is 12.5. The molecule has 1 aromatic heterocycles. The first kappa shape index (κ1) is 14.6. The van der Waals surface area contributed by atoms with Crippen LogP contribution in [0.2, 0.25) is 0 Å². The number of methoxy groups -OCH3 is 1. The molecule has 0 spiro atoms. The Labute approximate surface area is 112 Å². The molecule has 0 aliphatic carbocycles. The van der Waals surface area contributed by atoms with Gasteiger partial charge >= 0.3 is 0 Å². The van der Waals surface area contributed by atoms with Crippen molar-refractivity contribution in [3.63, 3.8) is 0 Å². The normalized spacial score (nSPS) is 11.0. The van der Waals surface area contributed by atoms with E-state index in [9.17, 15) is 0 Å². The highest BCUT2D eigenvalue weighted by molar-refractivity contribution is 9.08. The van der Waals surface area contributed by atoms with E-state index in [1.165, 1.54) is 25.7 Å². The predicted octanol–water partition coefficient (Wildman–Crippen LogP) is 2.94. The van der Waals surface area contributed by atoms with E-state index in [1.54, 1.807) is 7.11 Å². The molecule has 0 radical (unpaired) electrons. The van der Waals surface area contributed by atoms with Gasteiger partial charge in [-0.25, -0.2) is 0 Å². The van der Waals surface area contributed by atoms with Crippen molar-refractivity contribution in [2.24, 2.45) is 0 Å². The molecule has 1 rings (SSSR count). The highest BCUT2D eigenvalue weighted by Crippen LogP contribution is 2.10. The summed E-state index contributed by atoms with van der Waals surface area (Å²) in [7, 11) is 1.72. The summed E-state index contributed by atoms with van der Waals surface area (Å²) in [6.45, 7) is 3.78. The van der Waals surface area contributed by atoms with Gasteiger partial charge in [-0.1, -0.05) is 42.1 Å². The number of hydrogen-bond acceptors (Lipinski definition) is 3. The standard InChI is InChI=1S/C12H22BrN3O/c1-3-4-5-6-7-11-14-15-12(10-13)16(11)8-9-17-2/h3-10H2,1-2H3. The SMILES string of the molecule is CCCCCCc1nnc(CBr)n1CCOC. The van der Waals surface area contributed by atoms with E-state index in [2.05, 4.69) is 37.6 Å². The zero-order valence-corrected chi connectivity index (χ0v) is 12.4. The largest absolute Gasteiger partial charge is 0.383 e. The van der Waals surface area contributed by atoms with Gasteiger partial charge in [-0.2, -0.15) is 0 Å². The molecule has 0 fully saturated rings. The summed E-state index contributed by atoms with van der Waals surface area (Å²) in [4.78, 5) is 0. The summed E-state index contributed by atoms with van der Waals surface area (Å²) in [6.07, 6.45) is 6.06. The van der Waals surface area contributed by atoms with Crippen LogP contribution in [0.3, 0.4) is 0 Å². The fourth-order valence-corrected chi connectivity index (χ4v) is 2.22. The molecule has 5 heteroatoms. The van der Waals surface area contributed by atoms with Crippen LogP contribution in [0.15, 0.2) is 0 Å². The molecule has 0 saturated heterocycles. The van der Waals surface area contributed by atoms with E-state index in [0.717, 1.165) is 29.9 Å². The van der Waals surface area contributed by atoms with Crippen LogP contribution in [0.25, 0.3) is 0 Å². The Kier molecular flexibility index (Phi) is 7.44. The van der Waals surface area contributed by atoms with Crippen LogP contribution in [0.1, 0.15) is 44.3 Å². The number of halogens is 1. The van der Waals surface area contributed by atoms with Crippen LogP contribution >= 0.6 is 15.9 Å². The molecular formula is C12H22BrN3O.